The first-order valence-electron chi connectivity index (χ1n) is 7.61. The van der Waals surface area contributed by atoms with Gasteiger partial charge in [-0.2, -0.15) is 0 Å². The van der Waals surface area contributed by atoms with E-state index in [1.54, 1.807) is 0 Å². The van der Waals surface area contributed by atoms with Gasteiger partial charge in [0.2, 0.25) is 0 Å². The second-order valence-corrected chi connectivity index (χ2v) is 5.70. The number of rotatable bonds is 7. The smallest absolute Gasteiger partial charge is 0.0956 e. The molecule has 2 nitrogen and oxygen atoms in total. The first-order chi connectivity index (χ1) is 10.2. The lowest BCUT2D eigenvalue weighted by Crippen LogP contribution is -2.29. The summed E-state index contributed by atoms with van der Waals surface area (Å²) in [5, 5.41) is 3.48. The number of aryl methyl sites for hydroxylation is 1. The summed E-state index contributed by atoms with van der Waals surface area (Å²) < 4.78 is 6.18. The maximum Gasteiger partial charge on any atom is 0.0956 e. The molecule has 0 radical (unpaired) electrons. The van der Waals surface area contributed by atoms with Gasteiger partial charge >= 0.3 is 0 Å². The van der Waals surface area contributed by atoms with Crippen molar-refractivity contribution in [2.24, 2.45) is 0 Å². The molecule has 2 aromatic rings. The number of ether oxygens (including phenoxy) is 1. The van der Waals surface area contributed by atoms with E-state index in [2.05, 4.69) is 62.5 Å². The van der Waals surface area contributed by atoms with Crippen LogP contribution in [0.5, 0.6) is 0 Å². The summed E-state index contributed by atoms with van der Waals surface area (Å²) in [5.74, 6) is 0. The van der Waals surface area contributed by atoms with Gasteiger partial charge in [-0.25, -0.2) is 0 Å². The molecular weight excluding hydrogens is 258 g/mol. The lowest BCUT2D eigenvalue weighted by atomic mass is 10.0. The Kier molecular flexibility index (Phi) is 5.97. The fourth-order valence-corrected chi connectivity index (χ4v) is 2.32. The highest BCUT2D eigenvalue weighted by Crippen LogP contribution is 2.22. The third-order valence-electron chi connectivity index (χ3n) is 3.54. The van der Waals surface area contributed by atoms with Gasteiger partial charge in [0.15, 0.2) is 0 Å². The summed E-state index contributed by atoms with van der Waals surface area (Å²) in [4.78, 5) is 0. The molecule has 0 saturated heterocycles. The normalized spacial score (nSPS) is 12.6. The maximum atomic E-state index is 6.18. The van der Waals surface area contributed by atoms with Gasteiger partial charge in [-0.15, -0.1) is 0 Å². The SMILES string of the molecule is Cc1ccccc1C(CNC(C)C)OCc1ccccc1. The van der Waals surface area contributed by atoms with Crippen LogP contribution in [0.4, 0.5) is 0 Å². The van der Waals surface area contributed by atoms with Crippen molar-refractivity contribution in [3.05, 3.63) is 71.3 Å². The zero-order valence-corrected chi connectivity index (χ0v) is 13.2. The summed E-state index contributed by atoms with van der Waals surface area (Å²) >= 11 is 0. The van der Waals surface area contributed by atoms with E-state index in [-0.39, 0.29) is 6.10 Å². The molecule has 0 aromatic heterocycles. The molecule has 0 heterocycles. The van der Waals surface area contributed by atoms with Crippen molar-refractivity contribution in [1.82, 2.24) is 5.32 Å². The van der Waals surface area contributed by atoms with Crippen molar-refractivity contribution < 1.29 is 4.74 Å². The summed E-state index contributed by atoms with van der Waals surface area (Å²) in [5.41, 5.74) is 3.75. The van der Waals surface area contributed by atoms with Crippen LogP contribution in [0, 0.1) is 6.92 Å². The van der Waals surface area contributed by atoms with Gasteiger partial charge in [0, 0.05) is 12.6 Å². The van der Waals surface area contributed by atoms with Crippen LogP contribution in [-0.4, -0.2) is 12.6 Å². The molecule has 1 atom stereocenters. The second-order valence-electron chi connectivity index (χ2n) is 5.70. The highest BCUT2D eigenvalue weighted by molar-refractivity contribution is 5.28. The fraction of sp³-hybridized carbons (Fsp3) is 0.368. The monoisotopic (exact) mass is 283 g/mol. The minimum Gasteiger partial charge on any atom is -0.368 e. The van der Waals surface area contributed by atoms with E-state index in [0.29, 0.717) is 12.6 Å². The molecule has 0 spiro atoms. The van der Waals surface area contributed by atoms with Crippen LogP contribution >= 0.6 is 0 Å². The standard InChI is InChI=1S/C19H25NO/c1-15(2)20-13-19(18-12-8-7-9-16(18)3)21-14-17-10-5-4-6-11-17/h4-12,15,19-20H,13-14H2,1-3H3. The van der Waals surface area contributed by atoms with Crippen LogP contribution in [0.3, 0.4) is 0 Å². The molecule has 0 amide bonds. The molecule has 2 heteroatoms. The Bertz CT molecular complexity index is 536. The van der Waals surface area contributed by atoms with Crippen LogP contribution in [-0.2, 0) is 11.3 Å². The molecular formula is C19H25NO. The lowest BCUT2D eigenvalue weighted by molar-refractivity contribution is 0.0382. The Morgan fingerprint density at radius 2 is 1.62 bits per heavy atom. The van der Waals surface area contributed by atoms with Gasteiger partial charge in [0.1, 0.15) is 0 Å². The summed E-state index contributed by atoms with van der Waals surface area (Å²) in [6.07, 6.45) is 0.0776. The van der Waals surface area contributed by atoms with Gasteiger partial charge in [-0.05, 0) is 23.6 Å². The Morgan fingerprint density at radius 3 is 2.29 bits per heavy atom. The quantitative estimate of drug-likeness (QED) is 0.820. The average Bonchev–Trinajstić information content (AvgIpc) is 2.49. The Labute approximate surface area is 128 Å². The molecule has 0 aliphatic heterocycles. The molecule has 1 unspecified atom stereocenters. The first-order valence-corrected chi connectivity index (χ1v) is 7.61. The summed E-state index contributed by atoms with van der Waals surface area (Å²) in [6, 6.07) is 19.2. The van der Waals surface area contributed by atoms with E-state index >= 15 is 0 Å². The van der Waals surface area contributed by atoms with Crippen molar-refractivity contribution in [3.8, 4) is 0 Å². The Morgan fingerprint density at radius 1 is 0.952 bits per heavy atom. The number of nitrogens with one attached hydrogen (secondary N) is 1. The zero-order chi connectivity index (χ0) is 15.1. The van der Waals surface area contributed by atoms with Gasteiger partial charge in [-0.1, -0.05) is 68.4 Å². The predicted molar refractivity (Wildman–Crippen MR) is 88.3 cm³/mol. The van der Waals surface area contributed by atoms with E-state index < -0.39 is 0 Å². The molecule has 0 aliphatic carbocycles. The third kappa shape index (κ3) is 5.00. The van der Waals surface area contributed by atoms with E-state index in [9.17, 15) is 0 Å². The molecule has 1 N–H and O–H groups in total. The fourth-order valence-electron chi connectivity index (χ4n) is 2.32. The molecule has 0 aliphatic rings. The molecule has 0 bridgehead atoms. The van der Waals surface area contributed by atoms with E-state index in [1.165, 1.54) is 16.7 Å². The highest BCUT2D eigenvalue weighted by atomic mass is 16.5. The number of hydrogen-bond donors (Lipinski definition) is 1. The van der Waals surface area contributed by atoms with Crippen molar-refractivity contribution in [2.75, 3.05) is 6.54 Å². The lowest BCUT2D eigenvalue weighted by Gasteiger charge is -2.22. The van der Waals surface area contributed by atoms with Gasteiger partial charge in [0.25, 0.3) is 0 Å². The number of hydrogen-bond acceptors (Lipinski definition) is 2. The molecule has 21 heavy (non-hydrogen) atoms. The Balaban J connectivity index is 2.07. The van der Waals surface area contributed by atoms with Crippen molar-refractivity contribution in [3.63, 3.8) is 0 Å². The summed E-state index contributed by atoms with van der Waals surface area (Å²) in [6.45, 7) is 7.93. The van der Waals surface area contributed by atoms with Crippen LogP contribution in [0.25, 0.3) is 0 Å². The van der Waals surface area contributed by atoms with E-state index in [0.717, 1.165) is 6.54 Å². The zero-order valence-electron chi connectivity index (χ0n) is 13.2. The van der Waals surface area contributed by atoms with Gasteiger partial charge < -0.3 is 10.1 Å². The highest BCUT2D eigenvalue weighted by Gasteiger charge is 2.14. The third-order valence-corrected chi connectivity index (χ3v) is 3.54. The topological polar surface area (TPSA) is 21.3 Å². The first kappa shape index (κ1) is 15.7. The predicted octanol–water partition coefficient (Wildman–Crippen LogP) is 4.25. The van der Waals surface area contributed by atoms with Crippen LogP contribution < -0.4 is 5.32 Å². The van der Waals surface area contributed by atoms with Crippen LogP contribution in [0.15, 0.2) is 54.6 Å². The molecule has 0 saturated carbocycles. The largest absolute Gasteiger partial charge is 0.368 e. The molecule has 0 fully saturated rings. The van der Waals surface area contributed by atoms with E-state index in [4.69, 9.17) is 4.74 Å². The molecule has 112 valence electrons. The average molecular weight is 283 g/mol. The minimum absolute atomic E-state index is 0.0776. The van der Waals surface area contributed by atoms with Gasteiger partial charge in [-0.3, -0.25) is 0 Å². The van der Waals surface area contributed by atoms with Crippen molar-refractivity contribution in [1.29, 1.82) is 0 Å². The maximum absolute atomic E-state index is 6.18. The Hall–Kier alpha value is -1.64. The molecule has 2 aromatic carbocycles. The van der Waals surface area contributed by atoms with Crippen LogP contribution in [0.1, 0.15) is 36.6 Å². The second kappa shape index (κ2) is 7.96. The van der Waals surface area contributed by atoms with Crippen LogP contribution in [0.2, 0.25) is 0 Å². The molecule has 2 rings (SSSR count). The van der Waals surface area contributed by atoms with Crippen molar-refractivity contribution in [2.45, 2.75) is 39.5 Å². The number of benzene rings is 2. The minimum atomic E-state index is 0.0776. The summed E-state index contributed by atoms with van der Waals surface area (Å²) in [7, 11) is 0. The van der Waals surface area contributed by atoms with Gasteiger partial charge in [0.05, 0.1) is 12.7 Å². The van der Waals surface area contributed by atoms with Crippen molar-refractivity contribution >= 4 is 0 Å². The van der Waals surface area contributed by atoms with E-state index in [1.807, 2.05) is 18.2 Å².